The van der Waals surface area contributed by atoms with E-state index >= 15 is 0 Å². The monoisotopic (exact) mass is 335 g/mol. The molecule has 0 aliphatic heterocycles. The van der Waals surface area contributed by atoms with E-state index in [0.717, 1.165) is 25.5 Å². The van der Waals surface area contributed by atoms with Crippen molar-refractivity contribution in [3.8, 4) is 0 Å². The van der Waals surface area contributed by atoms with Gasteiger partial charge in [0.15, 0.2) is 0 Å². The molecule has 0 amide bonds. The summed E-state index contributed by atoms with van der Waals surface area (Å²) in [6.07, 6.45) is 3.92. The molecule has 0 radical (unpaired) electrons. The minimum Gasteiger partial charge on any atom is -0.335 e. The normalized spacial score (nSPS) is 12.8. The van der Waals surface area contributed by atoms with E-state index in [-0.39, 0.29) is 0 Å². The van der Waals surface area contributed by atoms with Crippen LogP contribution in [0.2, 0.25) is 0 Å². The molecule has 0 aliphatic carbocycles. The third-order valence-electron chi connectivity index (χ3n) is 3.45. The Labute approximate surface area is 129 Å². The van der Waals surface area contributed by atoms with Crippen molar-refractivity contribution < 1.29 is 0 Å². The lowest BCUT2D eigenvalue weighted by Gasteiger charge is -2.22. The summed E-state index contributed by atoms with van der Waals surface area (Å²) in [6.45, 7) is 7.40. The summed E-state index contributed by atoms with van der Waals surface area (Å²) in [6, 6.07) is 8.41. The van der Waals surface area contributed by atoms with E-state index < -0.39 is 0 Å². The predicted molar refractivity (Wildman–Crippen MR) is 86.6 cm³/mol. The van der Waals surface area contributed by atoms with Crippen LogP contribution in [-0.4, -0.2) is 28.0 Å². The van der Waals surface area contributed by atoms with Gasteiger partial charge < -0.3 is 9.47 Å². The van der Waals surface area contributed by atoms with Gasteiger partial charge in [0.25, 0.3) is 0 Å². The van der Waals surface area contributed by atoms with Gasteiger partial charge in [0.2, 0.25) is 0 Å². The molecule has 1 atom stereocenters. The molecule has 0 saturated heterocycles. The molecule has 0 spiro atoms. The number of hydrogen-bond acceptors (Lipinski definition) is 2. The van der Waals surface area contributed by atoms with Gasteiger partial charge in [-0.15, -0.1) is 0 Å². The van der Waals surface area contributed by atoms with Crippen molar-refractivity contribution in [2.24, 2.45) is 5.92 Å². The smallest absolute Gasteiger partial charge is 0.105 e. The summed E-state index contributed by atoms with van der Waals surface area (Å²) >= 11 is 3.61. The van der Waals surface area contributed by atoms with Gasteiger partial charge in [-0.05, 0) is 31.5 Å². The largest absolute Gasteiger partial charge is 0.335 e. The number of nitrogens with zero attached hydrogens (tertiary/aromatic N) is 3. The lowest BCUT2D eigenvalue weighted by Crippen LogP contribution is -2.26. The van der Waals surface area contributed by atoms with Crippen LogP contribution < -0.4 is 0 Å². The molecule has 3 nitrogen and oxygen atoms in total. The molecule has 108 valence electrons. The van der Waals surface area contributed by atoms with Crippen molar-refractivity contribution in [2.45, 2.75) is 26.9 Å². The standard InChI is InChI=1S/C16H22BrN3/c1-13(11-20-9-8-18-14(20)2)10-19(3)12-15-6-4-5-7-16(15)17/h4-9,13H,10-12H2,1-3H3/t13-/m0/s1. The van der Waals surface area contributed by atoms with Crippen molar-refractivity contribution in [3.63, 3.8) is 0 Å². The van der Waals surface area contributed by atoms with Crippen LogP contribution in [0.15, 0.2) is 41.1 Å². The zero-order valence-corrected chi connectivity index (χ0v) is 14.0. The van der Waals surface area contributed by atoms with Crippen LogP contribution in [0.1, 0.15) is 18.3 Å². The average molecular weight is 336 g/mol. The van der Waals surface area contributed by atoms with E-state index in [1.165, 1.54) is 10.0 Å². The summed E-state index contributed by atoms with van der Waals surface area (Å²) in [5.74, 6) is 1.68. The first-order valence-electron chi connectivity index (χ1n) is 6.96. The molecular weight excluding hydrogens is 314 g/mol. The Kier molecular flexibility index (Phi) is 5.38. The number of halogens is 1. The molecular formula is C16H22BrN3. The van der Waals surface area contributed by atoms with Gasteiger partial charge in [-0.1, -0.05) is 41.1 Å². The molecule has 1 aromatic carbocycles. The molecule has 0 fully saturated rings. The third-order valence-corrected chi connectivity index (χ3v) is 4.23. The Hall–Kier alpha value is -1.13. The molecule has 1 aromatic heterocycles. The van der Waals surface area contributed by atoms with Crippen LogP contribution in [0, 0.1) is 12.8 Å². The topological polar surface area (TPSA) is 21.1 Å². The molecule has 2 aromatic rings. The molecule has 2 rings (SSSR count). The quantitative estimate of drug-likeness (QED) is 0.802. The summed E-state index contributed by atoms with van der Waals surface area (Å²) in [5.41, 5.74) is 1.33. The minimum absolute atomic E-state index is 0.593. The van der Waals surface area contributed by atoms with Gasteiger partial charge in [-0.2, -0.15) is 0 Å². The Morgan fingerprint density at radius 2 is 2.10 bits per heavy atom. The highest BCUT2D eigenvalue weighted by Crippen LogP contribution is 2.18. The lowest BCUT2D eigenvalue weighted by atomic mass is 10.1. The second kappa shape index (κ2) is 7.04. The number of imidazole rings is 1. The van der Waals surface area contributed by atoms with Crippen molar-refractivity contribution >= 4 is 15.9 Å². The fourth-order valence-electron chi connectivity index (χ4n) is 2.50. The highest BCUT2D eigenvalue weighted by molar-refractivity contribution is 9.10. The third kappa shape index (κ3) is 4.18. The van der Waals surface area contributed by atoms with Gasteiger partial charge in [0, 0.05) is 36.5 Å². The molecule has 0 N–H and O–H groups in total. The minimum atomic E-state index is 0.593. The van der Waals surface area contributed by atoms with Crippen LogP contribution in [0.3, 0.4) is 0 Å². The van der Waals surface area contributed by atoms with E-state index in [9.17, 15) is 0 Å². The molecule has 0 unspecified atom stereocenters. The summed E-state index contributed by atoms with van der Waals surface area (Å²) in [7, 11) is 2.18. The highest BCUT2D eigenvalue weighted by atomic mass is 79.9. The van der Waals surface area contributed by atoms with Crippen LogP contribution in [0.25, 0.3) is 0 Å². The molecule has 0 saturated carbocycles. The van der Waals surface area contributed by atoms with Crippen molar-refractivity contribution in [1.82, 2.24) is 14.5 Å². The predicted octanol–water partition coefficient (Wildman–Crippen LogP) is 3.72. The van der Waals surface area contributed by atoms with E-state index in [0.29, 0.717) is 5.92 Å². The van der Waals surface area contributed by atoms with E-state index in [4.69, 9.17) is 0 Å². The molecule has 4 heteroatoms. The van der Waals surface area contributed by atoms with Crippen LogP contribution in [-0.2, 0) is 13.1 Å². The number of benzene rings is 1. The van der Waals surface area contributed by atoms with Gasteiger partial charge in [-0.3, -0.25) is 0 Å². The first-order valence-corrected chi connectivity index (χ1v) is 7.75. The van der Waals surface area contributed by atoms with Gasteiger partial charge in [-0.25, -0.2) is 4.98 Å². The Morgan fingerprint density at radius 1 is 1.35 bits per heavy atom. The second-order valence-corrected chi connectivity index (χ2v) is 6.37. The first kappa shape index (κ1) is 15.3. The maximum Gasteiger partial charge on any atom is 0.105 e. The first-order chi connectivity index (χ1) is 9.56. The number of aromatic nitrogens is 2. The van der Waals surface area contributed by atoms with Gasteiger partial charge in [0.1, 0.15) is 5.82 Å². The second-order valence-electron chi connectivity index (χ2n) is 5.52. The molecule has 20 heavy (non-hydrogen) atoms. The zero-order chi connectivity index (χ0) is 14.5. The maximum atomic E-state index is 4.27. The van der Waals surface area contributed by atoms with E-state index in [1.54, 1.807) is 0 Å². The maximum absolute atomic E-state index is 4.27. The molecule has 0 aliphatic rings. The Balaban J connectivity index is 1.87. The summed E-state index contributed by atoms with van der Waals surface area (Å²) < 4.78 is 3.40. The van der Waals surface area contributed by atoms with E-state index in [1.807, 2.05) is 6.20 Å². The SMILES string of the molecule is Cc1nccn1C[C@@H](C)CN(C)Cc1ccccc1Br. The highest BCUT2D eigenvalue weighted by Gasteiger charge is 2.10. The summed E-state index contributed by atoms with van der Waals surface area (Å²) in [5, 5.41) is 0. The summed E-state index contributed by atoms with van der Waals surface area (Å²) in [4.78, 5) is 6.64. The fraction of sp³-hybridized carbons (Fsp3) is 0.438. The molecule has 0 bridgehead atoms. The number of rotatable bonds is 6. The lowest BCUT2D eigenvalue weighted by molar-refractivity contribution is 0.262. The van der Waals surface area contributed by atoms with Gasteiger partial charge in [0.05, 0.1) is 0 Å². The molecule has 1 heterocycles. The van der Waals surface area contributed by atoms with Crippen LogP contribution >= 0.6 is 15.9 Å². The Bertz CT molecular complexity index is 550. The number of hydrogen-bond donors (Lipinski definition) is 0. The zero-order valence-electron chi connectivity index (χ0n) is 12.4. The van der Waals surface area contributed by atoms with Crippen molar-refractivity contribution in [3.05, 3.63) is 52.5 Å². The van der Waals surface area contributed by atoms with Crippen molar-refractivity contribution in [1.29, 1.82) is 0 Å². The van der Waals surface area contributed by atoms with Gasteiger partial charge >= 0.3 is 0 Å². The van der Waals surface area contributed by atoms with E-state index in [2.05, 4.69) is 81.7 Å². The van der Waals surface area contributed by atoms with Crippen molar-refractivity contribution in [2.75, 3.05) is 13.6 Å². The average Bonchev–Trinajstić information content (AvgIpc) is 2.77. The fourth-order valence-corrected chi connectivity index (χ4v) is 2.91. The Morgan fingerprint density at radius 3 is 2.75 bits per heavy atom. The number of aryl methyl sites for hydroxylation is 1. The van der Waals surface area contributed by atoms with Crippen LogP contribution in [0.5, 0.6) is 0 Å². The van der Waals surface area contributed by atoms with Crippen LogP contribution in [0.4, 0.5) is 0 Å².